The largest absolute Gasteiger partial charge is 0.450 e. The molecule has 0 spiro atoms. The molecule has 3 heteroatoms. The van der Waals surface area contributed by atoms with Gasteiger partial charge in [0.15, 0.2) is 0 Å². The summed E-state index contributed by atoms with van der Waals surface area (Å²) in [4.78, 5) is 10.5. The number of rotatable bonds is 2. The smallest absolute Gasteiger partial charge is 0.310 e. The van der Waals surface area contributed by atoms with E-state index in [9.17, 15) is 4.79 Å². The van der Waals surface area contributed by atoms with Gasteiger partial charge in [-0.05, 0) is 12.8 Å². The Morgan fingerprint density at radius 3 is 2.75 bits per heavy atom. The summed E-state index contributed by atoms with van der Waals surface area (Å²) in [5.41, 5.74) is 4.95. The lowest BCUT2D eigenvalue weighted by Crippen LogP contribution is -2.12. The predicted molar refractivity (Wildman–Crippen MR) is 27.9 cm³/mol. The lowest BCUT2D eigenvalue weighted by molar-refractivity contribution is -0.144. The Morgan fingerprint density at radius 2 is 2.38 bits per heavy atom. The summed E-state index contributed by atoms with van der Waals surface area (Å²) >= 11 is 0. The fourth-order valence-electron chi connectivity index (χ4n) is 0.519. The van der Waals surface area contributed by atoms with Crippen LogP contribution in [-0.4, -0.2) is 12.7 Å². The van der Waals surface area contributed by atoms with Gasteiger partial charge in [-0.2, -0.15) is 0 Å². The molecule has 1 aliphatic carbocycles. The van der Waals surface area contributed by atoms with Gasteiger partial charge in [-0.25, -0.2) is 0 Å². The average Bonchev–Trinajstić information content (AvgIpc) is 2.45. The van der Waals surface area contributed by atoms with Gasteiger partial charge in [0.1, 0.15) is 6.73 Å². The third-order valence-corrected chi connectivity index (χ3v) is 1.14. The Morgan fingerprint density at radius 1 is 1.75 bits per heavy atom. The van der Waals surface area contributed by atoms with Gasteiger partial charge in [-0.3, -0.25) is 10.5 Å². The molecule has 3 nitrogen and oxygen atoms in total. The first-order chi connectivity index (χ1) is 3.84. The van der Waals surface area contributed by atoms with E-state index >= 15 is 0 Å². The Labute approximate surface area is 47.8 Å². The highest BCUT2D eigenvalue weighted by atomic mass is 16.5. The molecule has 0 atom stereocenters. The molecule has 0 heterocycles. The first kappa shape index (κ1) is 5.56. The Kier molecular flexibility index (Phi) is 1.48. The van der Waals surface area contributed by atoms with Crippen LogP contribution in [0.15, 0.2) is 0 Å². The first-order valence-corrected chi connectivity index (χ1v) is 2.71. The lowest BCUT2D eigenvalue weighted by Gasteiger charge is -1.95. The van der Waals surface area contributed by atoms with E-state index in [4.69, 9.17) is 5.73 Å². The van der Waals surface area contributed by atoms with Crippen molar-refractivity contribution in [3.63, 3.8) is 0 Å². The van der Waals surface area contributed by atoms with Gasteiger partial charge >= 0.3 is 5.97 Å². The Balaban J connectivity index is 2.13. The molecule has 0 bridgehead atoms. The van der Waals surface area contributed by atoms with Crippen LogP contribution in [-0.2, 0) is 9.53 Å². The number of esters is 1. The summed E-state index contributed by atoms with van der Waals surface area (Å²) in [5.74, 6) is 0.0473. The predicted octanol–water partition coefficient (Wildman–Crippen LogP) is -0.144. The summed E-state index contributed by atoms with van der Waals surface area (Å²) < 4.78 is 4.50. The van der Waals surface area contributed by atoms with E-state index in [2.05, 4.69) is 4.74 Å². The van der Waals surface area contributed by atoms with Crippen molar-refractivity contribution in [3.8, 4) is 0 Å². The SMILES string of the molecule is NCOC(=O)C1CC1. The molecule has 2 N–H and O–H groups in total. The Bertz CT molecular complexity index is 98.6. The van der Waals surface area contributed by atoms with Crippen LogP contribution >= 0.6 is 0 Å². The van der Waals surface area contributed by atoms with Crippen molar-refractivity contribution >= 4 is 5.97 Å². The van der Waals surface area contributed by atoms with Crippen LogP contribution in [0.4, 0.5) is 0 Å². The summed E-state index contributed by atoms with van der Waals surface area (Å²) in [6.07, 6.45) is 1.97. The van der Waals surface area contributed by atoms with Crippen molar-refractivity contribution in [2.45, 2.75) is 12.8 Å². The van der Waals surface area contributed by atoms with Crippen molar-refractivity contribution < 1.29 is 9.53 Å². The van der Waals surface area contributed by atoms with Gasteiger partial charge in [-0.15, -0.1) is 0 Å². The second kappa shape index (κ2) is 2.13. The van der Waals surface area contributed by atoms with Gasteiger partial charge in [-0.1, -0.05) is 0 Å². The molecule has 0 unspecified atom stereocenters. The maximum atomic E-state index is 10.5. The average molecular weight is 115 g/mol. The van der Waals surface area contributed by atoms with Crippen LogP contribution in [0, 0.1) is 5.92 Å². The molecule has 8 heavy (non-hydrogen) atoms. The van der Waals surface area contributed by atoms with E-state index in [-0.39, 0.29) is 18.6 Å². The maximum Gasteiger partial charge on any atom is 0.310 e. The van der Waals surface area contributed by atoms with Gasteiger partial charge in [0.2, 0.25) is 0 Å². The second-order valence-electron chi connectivity index (χ2n) is 1.90. The van der Waals surface area contributed by atoms with Crippen LogP contribution in [0.1, 0.15) is 12.8 Å². The normalized spacial score (nSPS) is 18.1. The van der Waals surface area contributed by atoms with Crippen molar-refractivity contribution in [1.82, 2.24) is 0 Å². The Hall–Kier alpha value is -0.570. The fourth-order valence-corrected chi connectivity index (χ4v) is 0.519. The zero-order valence-electron chi connectivity index (χ0n) is 4.59. The van der Waals surface area contributed by atoms with Gasteiger partial charge in [0.05, 0.1) is 5.92 Å². The van der Waals surface area contributed by atoms with E-state index < -0.39 is 0 Å². The molecule has 1 fully saturated rings. The van der Waals surface area contributed by atoms with Crippen molar-refractivity contribution in [2.24, 2.45) is 11.7 Å². The number of carbonyl (C=O) groups is 1. The number of nitrogens with two attached hydrogens (primary N) is 1. The third kappa shape index (κ3) is 1.20. The zero-order chi connectivity index (χ0) is 5.98. The number of hydrogen-bond donors (Lipinski definition) is 1. The minimum Gasteiger partial charge on any atom is -0.450 e. The van der Waals surface area contributed by atoms with Gasteiger partial charge in [0.25, 0.3) is 0 Å². The van der Waals surface area contributed by atoms with Crippen LogP contribution in [0.3, 0.4) is 0 Å². The van der Waals surface area contributed by atoms with E-state index in [1.54, 1.807) is 0 Å². The van der Waals surface area contributed by atoms with Crippen LogP contribution < -0.4 is 5.73 Å². The number of carbonyl (C=O) groups excluding carboxylic acids is 1. The second-order valence-corrected chi connectivity index (χ2v) is 1.90. The summed E-state index contributed by atoms with van der Waals surface area (Å²) in [6.45, 7) is 0.0231. The maximum absolute atomic E-state index is 10.5. The molecule has 1 rings (SSSR count). The topological polar surface area (TPSA) is 52.3 Å². The molecule has 0 saturated heterocycles. The minimum absolute atomic E-state index is 0.0231. The number of hydrogen-bond acceptors (Lipinski definition) is 3. The standard InChI is InChI=1S/C5H9NO2/c6-3-8-5(7)4-1-2-4/h4H,1-3,6H2. The summed E-state index contributed by atoms with van der Waals surface area (Å²) in [7, 11) is 0. The molecule has 0 aromatic heterocycles. The highest BCUT2D eigenvalue weighted by Crippen LogP contribution is 2.29. The third-order valence-electron chi connectivity index (χ3n) is 1.14. The van der Waals surface area contributed by atoms with Crippen LogP contribution in [0.5, 0.6) is 0 Å². The quantitative estimate of drug-likeness (QED) is 0.402. The van der Waals surface area contributed by atoms with Gasteiger partial charge < -0.3 is 4.74 Å². The zero-order valence-corrected chi connectivity index (χ0v) is 4.59. The molecule has 0 radical (unpaired) electrons. The molecule has 0 aromatic rings. The highest BCUT2D eigenvalue weighted by molar-refractivity contribution is 5.74. The van der Waals surface area contributed by atoms with Crippen molar-refractivity contribution in [1.29, 1.82) is 0 Å². The molecule has 0 aromatic carbocycles. The monoisotopic (exact) mass is 115 g/mol. The van der Waals surface area contributed by atoms with Crippen molar-refractivity contribution in [2.75, 3.05) is 6.73 Å². The van der Waals surface area contributed by atoms with Crippen LogP contribution in [0.25, 0.3) is 0 Å². The van der Waals surface area contributed by atoms with Crippen molar-refractivity contribution in [3.05, 3.63) is 0 Å². The van der Waals surface area contributed by atoms with Crippen LogP contribution in [0.2, 0.25) is 0 Å². The molecular formula is C5H9NO2. The van der Waals surface area contributed by atoms with E-state index in [0.29, 0.717) is 0 Å². The molecule has 1 aliphatic rings. The van der Waals surface area contributed by atoms with E-state index in [0.717, 1.165) is 12.8 Å². The molecule has 46 valence electrons. The summed E-state index contributed by atoms with van der Waals surface area (Å²) in [5, 5.41) is 0. The minimum atomic E-state index is -0.132. The first-order valence-electron chi connectivity index (χ1n) is 2.71. The highest BCUT2D eigenvalue weighted by Gasteiger charge is 2.30. The van der Waals surface area contributed by atoms with E-state index in [1.807, 2.05) is 0 Å². The number of ether oxygens (including phenoxy) is 1. The molecule has 1 saturated carbocycles. The summed E-state index contributed by atoms with van der Waals surface area (Å²) in [6, 6.07) is 0. The van der Waals surface area contributed by atoms with Gasteiger partial charge in [0, 0.05) is 0 Å². The fraction of sp³-hybridized carbons (Fsp3) is 0.800. The molecular weight excluding hydrogens is 106 g/mol. The molecule has 0 aliphatic heterocycles. The lowest BCUT2D eigenvalue weighted by atomic mass is 10.4. The van der Waals surface area contributed by atoms with E-state index in [1.165, 1.54) is 0 Å². The molecule has 0 amide bonds.